The molecule has 0 spiro atoms. The highest BCUT2D eigenvalue weighted by Crippen LogP contribution is 2.18. The molecule has 0 aromatic carbocycles. The molecule has 5 N–H and O–H groups in total. The van der Waals surface area contributed by atoms with Crippen molar-refractivity contribution in [2.24, 2.45) is 5.73 Å². The van der Waals surface area contributed by atoms with Crippen molar-refractivity contribution in [2.75, 3.05) is 24.8 Å². The van der Waals surface area contributed by atoms with Crippen molar-refractivity contribution in [3.63, 3.8) is 0 Å². The number of primary amides is 1. The quantitative estimate of drug-likeness (QED) is 0.671. The molecule has 18 heavy (non-hydrogen) atoms. The first-order valence-corrected chi connectivity index (χ1v) is 5.90. The fourth-order valence-corrected chi connectivity index (χ4v) is 1.66. The summed E-state index contributed by atoms with van der Waals surface area (Å²) in [6, 6.07) is 3.23. The Hall–Kier alpha value is -1.82. The Balaban J connectivity index is 2.86. The van der Waals surface area contributed by atoms with Gasteiger partial charge in [0.25, 0.3) is 5.91 Å². The van der Waals surface area contributed by atoms with E-state index in [1.807, 2.05) is 0 Å². The zero-order valence-corrected chi connectivity index (χ0v) is 10.8. The zero-order valence-electron chi connectivity index (χ0n) is 10.8. The first kappa shape index (κ1) is 14.2. The van der Waals surface area contributed by atoms with Crippen molar-refractivity contribution in [3.8, 4) is 0 Å². The van der Waals surface area contributed by atoms with Crippen LogP contribution in [0.25, 0.3) is 0 Å². The average molecular weight is 252 g/mol. The predicted octanol–water partition coefficient (Wildman–Crippen LogP) is 0.990. The lowest BCUT2D eigenvalue weighted by atomic mass is 10.2. The normalized spacial score (nSPS) is 12.1. The molecule has 6 heteroatoms. The fourth-order valence-electron chi connectivity index (χ4n) is 1.66. The van der Waals surface area contributed by atoms with Crippen molar-refractivity contribution >= 4 is 17.4 Å². The van der Waals surface area contributed by atoms with Crippen LogP contribution in [0.1, 0.15) is 30.3 Å². The Kier molecular flexibility index (Phi) is 5.38. The summed E-state index contributed by atoms with van der Waals surface area (Å²) < 4.78 is 5.12. The van der Waals surface area contributed by atoms with Crippen molar-refractivity contribution in [2.45, 2.75) is 25.8 Å². The lowest BCUT2D eigenvalue weighted by Crippen LogP contribution is -2.26. The third kappa shape index (κ3) is 3.89. The minimum absolute atomic E-state index is 0.109. The maximum Gasteiger partial charge on any atom is 0.267 e. The van der Waals surface area contributed by atoms with Crippen LogP contribution < -0.4 is 16.8 Å². The summed E-state index contributed by atoms with van der Waals surface area (Å²) in [7, 11) is 1.64. The lowest BCUT2D eigenvalue weighted by molar-refractivity contribution is 0.0995. The highest BCUT2D eigenvalue weighted by atomic mass is 16.5. The standard InChI is InChI=1S/C12H20N4O2/c1-3-4-8(7-18-2)15-12-9(13)5-6-10(16-12)11(14)17/h5-6,8H,3-4,7,13H2,1-2H3,(H2,14,17)(H,15,16). The van der Waals surface area contributed by atoms with Gasteiger partial charge in [-0.15, -0.1) is 0 Å². The molecule has 1 aromatic rings. The van der Waals surface area contributed by atoms with E-state index in [2.05, 4.69) is 17.2 Å². The summed E-state index contributed by atoms with van der Waals surface area (Å²) in [5, 5.41) is 3.18. The summed E-state index contributed by atoms with van der Waals surface area (Å²) in [5.74, 6) is -0.0985. The van der Waals surface area contributed by atoms with E-state index in [0.29, 0.717) is 18.1 Å². The number of nitrogens with one attached hydrogen (secondary N) is 1. The third-order valence-electron chi connectivity index (χ3n) is 2.52. The maximum atomic E-state index is 11.1. The van der Waals surface area contributed by atoms with Gasteiger partial charge in [-0.2, -0.15) is 0 Å². The van der Waals surface area contributed by atoms with Crippen LogP contribution in [0.15, 0.2) is 12.1 Å². The molecule has 0 aliphatic rings. The van der Waals surface area contributed by atoms with E-state index >= 15 is 0 Å². The van der Waals surface area contributed by atoms with Crippen LogP contribution in [0.4, 0.5) is 11.5 Å². The fraction of sp³-hybridized carbons (Fsp3) is 0.500. The van der Waals surface area contributed by atoms with Crippen LogP contribution in [0.3, 0.4) is 0 Å². The molecule has 1 unspecified atom stereocenters. The van der Waals surface area contributed by atoms with Gasteiger partial charge >= 0.3 is 0 Å². The van der Waals surface area contributed by atoms with E-state index in [1.165, 1.54) is 6.07 Å². The number of hydrogen-bond donors (Lipinski definition) is 3. The number of hydrogen-bond acceptors (Lipinski definition) is 5. The minimum atomic E-state index is -0.572. The summed E-state index contributed by atoms with van der Waals surface area (Å²) in [4.78, 5) is 15.2. The second-order valence-corrected chi connectivity index (χ2v) is 4.08. The van der Waals surface area contributed by atoms with E-state index in [9.17, 15) is 4.79 Å². The summed E-state index contributed by atoms with van der Waals surface area (Å²) in [6.07, 6.45) is 1.94. The van der Waals surface area contributed by atoms with Crippen LogP contribution in [-0.4, -0.2) is 30.6 Å². The van der Waals surface area contributed by atoms with Gasteiger partial charge in [-0.05, 0) is 18.6 Å². The highest BCUT2D eigenvalue weighted by Gasteiger charge is 2.12. The molecule has 0 fully saturated rings. The molecule has 0 aliphatic carbocycles. The number of ether oxygens (including phenoxy) is 1. The number of nitrogen functional groups attached to an aromatic ring is 1. The number of aromatic nitrogens is 1. The smallest absolute Gasteiger partial charge is 0.267 e. The SMILES string of the molecule is CCCC(COC)Nc1nc(C(N)=O)ccc1N. The summed E-state index contributed by atoms with van der Waals surface area (Å²) in [5.41, 5.74) is 11.7. The van der Waals surface area contributed by atoms with Gasteiger partial charge in [0, 0.05) is 7.11 Å². The van der Waals surface area contributed by atoms with Crippen LogP contribution in [-0.2, 0) is 4.74 Å². The number of nitrogens with two attached hydrogens (primary N) is 2. The number of nitrogens with zero attached hydrogens (tertiary/aromatic N) is 1. The first-order chi connectivity index (χ1) is 8.58. The van der Waals surface area contributed by atoms with E-state index in [-0.39, 0.29) is 11.7 Å². The van der Waals surface area contributed by atoms with Crippen LogP contribution in [0, 0.1) is 0 Å². The number of amides is 1. The van der Waals surface area contributed by atoms with Gasteiger partial charge in [-0.1, -0.05) is 13.3 Å². The van der Waals surface area contributed by atoms with Gasteiger partial charge in [0.05, 0.1) is 18.3 Å². The van der Waals surface area contributed by atoms with Crippen molar-refractivity contribution < 1.29 is 9.53 Å². The molecule has 6 nitrogen and oxygen atoms in total. The second kappa shape index (κ2) is 6.80. The Morgan fingerprint density at radius 2 is 2.28 bits per heavy atom. The molecule has 1 rings (SSSR count). The average Bonchev–Trinajstić information content (AvgIpc) is 2.32. The number of carbonyl (C=O) groups excluding carboxylic acids is 1. The molecule has 0 bridgehead atoms. The largest absolute Gasteiger partial charge is 0.396 e. The first-order valence-electron chi connectivity index (χ1n) is 5.90. The summed E-state index contributed by atoms with van der Waals surface area (Å²) in [6.45, 7) is 2.64. The second-order valence-electron chi connectivity index (χ2n) is 4.08. The topological polar surface area (TPSA) is 103 Å². The van der Waals surface area contributed by atoms with Gasteiger partial charge < -0.3 is 21.5 Å². The maximum absolute atomic E-state index is 11.1. The molecule has 1 heterocycles. The molecule has 1 aromatic heterocycles. The molecule has 1 amide bonds. The van der Waals surface area contributed by atoms with E-state index < -0.39 is 5.91 Å². The van der Waals surface area contributed by atoms with Crippen molar-refractivity contribution in [3.05, 3.63) is 17.8 Å². The van der Waals surface area contributed by atoms with Crippen molar-refractivity contribution in [1.82, 2.24) is 4.98 Å². The number of pyridine rings is 1. The predicted molar refractivity (Wildman–Crippen MR) is 71.4 cm³/mol. The number of anilines is 2. The van der Waals surface area contributed by atoms with Gasteiger partial charge in [0.1, 0.15) is 11.5 Å². The van der Waals surface area contributed by atoms with E-state index in [1.54, 1.807) is 13.2 Å². The number of carbonyl (C=O) groups is 1. The lowest BCUT2D eigenvalue weighted by Gasteiger charge is -2.19. The summed E-state index contributed by atoms with van der Waals surface area (Å²) >= 11 is 0. The van der Waals surface area contributed by atoms with Crippen LogP contribution in [0.5, 0.6) is 0 Å². The molecule has 0 aliphatic heterocycles. The zero-order chi connectivity index (χ0) is 13.5. The van der Waals surface area contributed by atoms with Crippen LogP contribution >= 0.6 is 0 Å². The van der Waals surface area contributed by atoms with Crippen LogP contribution in [0.2, 0.25) is 0 Å². The van der Waals surface area contributed by atoms with Gasteiger partial charge in [0.2, 0.25) is 0 Å². The molecule has 0 saturated carbocycles. The molecular formula is C12H20N4O2. The Labute approximate surface area is 107 Å². The molecule has 100 valence electrons. The van der Waals surface area contributed by atoms with Crippen molar-refractivity contribution in [1.29, 1.82) is 0 Å². The Bertz CT molecular complexity index is 403. The molecule has 1 atom stereocenters. The highest BCUT2D eigenvalue weighted by molar-refractivity contribution is 5.91. The molecule has 0 saturated heterocycles. The Morgan fingerprint density at radius 3 is 2.83 bits per heavy atom. The van der Waals surface area contributed by atoms with E-state index in [4.69, 9.17) is 16.2 Å². The molecule has 0 radical (unpaired) electrons. The van der Waals surface area contributed by atoms with Gasteiger partial charge in [-0.25, -0.2) is 4.98 Å². The third-order valence-corrected chi connectivity index (χ3v) is 2.52. The molecular weight excluding hydrogens is 232 g/mol. The monoisotopic (exact) mass is 252 g/mol. The number of rotatable bonds is 7. The number of methoxy groups -OCH3 is 1. The Morgan fingerprint density at radius 1 is 1.56 bits per heavy atom. The minimum Gasteiger partial charge on any atom is -0.396 e. The van der Waals surface area contributed by atoms with E-state index in [0.717, 1.165) is 12.8 Å². The van der Waals surface area contributed by atoms with Gasteiger partial charge in [-0.3, -0.25) is 4.79 Å². The van der Waals surface area contributed by atoms with Gasteiger partial charge in [0.15, 0.2) is 0 Å².